The highest BCUT2D eigenvalue weighted by atomic mass is 32.1. The zero-order valence-electron chi connectivity index (χ0n) is 13.5. The van der Waals surface area contributed by atoms with Crippen LogP contribution in [0.1, 0.15) is 21.6 Å². The Balaban J connectivity index is 1.73. The summed E-state index contributed by atoms with van der Waals surface area (Å²) in [5.74, 6) is -0.427. The summed E-state index contributed by atoms with van der Waals surface area (Å²) < 4.78 is 12.9. The predicted octanol–water partition coefficient (Wildman–Crippen LogP) is 4.53. The van der Waals surface area contributed by atoms with Gasteiger partial charge in [0.2, 0.25) is 0 Å². The number of halogens is 1. The topological polar surface area (TPSA) is 33.2 Å². The van der Waals surface area contributed by atoms with Crippen LogP contribution in [-0.4, -0.2) is 22.8 Å². The molecule has 3 rings (SSSR count). The Kier molecular flexibility index (Phi) is 4.71. The molecule has 1 heterocycles. The van der Waals surface area contributed by atoms with Crippen molar-refractivity contribution >= 4 is 17.2 Å². The molecule has 3 aromatic rings. The summed E-state index contributed by atoms with van der Waals surface area (Å²) in [6, 6.07) is 14.2. The van der Waals surface area contributed by atoms with Crippen LogP contribution in [0.15, 0.2) is 53.9 Å². The summed E-state index contributed by atoms with van der Waals surface area (Å²) >= 11 is 1.45. The zero-order chi connectivity index (χ0) is 17.1. The minimum absolute atomic E-state index is 0.145. The Morgan fingerprint density at radius 3 is 2.46 bits per heavy atom. The van der Waals surface area contributed by atoms with E-state index in [0.717, 1.165) is 16.1 Å². The number of aromatic nitrogens is 1. The van der Waals surface area contributed by atoms with Gasteiger partial charge in [-0.25, -0.2) is 9.37 Å². The molecule has 2 aromatic carbocycles. The van der Waals surface area contributed by atoms with Crippen molar-refractivity contribution in [1.29, 1.82) is 0 Å². The van der Waals surface area contributed by atoms with Crippen LogP contribution in [0.25, 0.3) is 10.6 Å². The number of carbonyl (C=O) groups is 1. The van der Waals surface area contributed by atoms with Crippen LogP contribution in [0.2, 0.25) is 0 Å². The number of benzene rings is 2. The Labute approximate surface area is 144 Å². The van der Waals surface area contributed by atoms with Gasteiger partial charge < -0.3 is 4.90 Å². The van der Waals surface area contributed by atoms with Crippen molar-refractivity contribution < 1.29 is 9.18 Å². The van der Waals surface area contributed by atoms with Gasteiger partial charge in [0, 0.05) is 24.5 Å². The molecule has 0 radical (unpaired) electrons. The molecule has 0 bridgehead atoms. The molecule has 3 nitrogen and oxygen atoms in total. The summed E-state index contributed by atoms with van der Waals surface area (Å²) in [7, 11) is 1.72. The molecule has 0 saturated heterocycles. The third kappa shape index (κ3) is 3.68. The van der Waals surface area contributed by atoms with Crippen molar-refractivity contribution in [3.05, 3.63) is 76.5 Å². The van der Waals surface area contributed by atoms with Gasteiger partial charge in [0.15, 0.2) is 0 Å². The number of hydrogen-bond donors (Lipinski definition) is 0. The van der Waals surface area contributed by atoms with E-state index in [0.29, 0.717) is 12.2 Å². The van der Waals surface area contributed by atoms with Crippen LogP contribution < -0.4 is 0 Å². The number of rotatable bonds is 4. The van der Waals surface area contributed by atoms with Crippen LogP contribution in [0.4, 0.5) is 4.39 Å². The summed E-state index contributed by atoms with van der Waals surface area (Å²) in [5.41, 5.74) is 3.50. The normalized spacial score (nSPS) is 10.6. The lowest BCUT2D eigenvalue weighted by atomic mass is 10.2. The molecule has 1 aromatic heterocycles. The van der Waals surface area contributed by atoms with E-state index in [9.17, 15) is 9.18 Å². The van der Waals surface area contributed by atoms with Crippen molar-refractivity contribution in [2.24, 2.45) is 0 Å². The lowest BCUT2D eigenvalue weighted by Crippen LogP contribution is -2.26. The van der Waals surface area contributed by atoms with Gasteiger partial charge in [0.05, 0.1) is 0 Å². The molecule has 0 spiro atoms. The van der Waals surface area contributed by atoms with Crippen LogP contribution in [0.3, 0.4) is 0 Å². The summed E-state index contributed by atoms with van der Waals surface area (Å²) in [5, 5.41) is 2.60. The van der Waals surface area contributed by atoms with Gasteiger partial charge in [-0.1, -0.05) is 42.0 Å². The Bertz CT molecular complexity index is 841. The Morgan fingerprint density at radius 1 is 1.12 bits per heavy atom. The van der Waals surface area contributed by atoms with Gasteiger partial charge in [-0.2, -0.15) is 0 Å². The summed E-state index contributed by atoms with van der Waals surface area (Å²) in [4.78, 5) is 18.5. The molecular formula is C19H17FN2OS. The van der Waals surface area contributed by atoms with E-state index in [-0.39, 0.29) is 11.7 Å². The monoisotopic (exact) mass is 340 g/mol. The molecule has 0 fully saturated rings. The van der Waals surface area contributed by atoms with Gasteiger partial charge >= 0.3 is 0 Å². The fourth-order valence-corrected chi connectivity index (χ4v) is 3.13. The molecule has 0 N–H and O–H groups in total. The second-order valence-corrected chi connectivity index (χ2v) is 6.55. The largest absolute Gasteiger partial charge is 0.336 e. The fraction of sp³-hybridized carbons (Fsp3) is 0.158. The highest BCUT2D eigenvalue weighted by Gasteiger charge is 2.16. The van der Waals surface area contributed by atoms with Crippen LogP contribution in [-0.2, 0) is 6.54 Å². The molecule has 0 aliphatic heterocycles. The maximum absolute atomic E-state index is 12.9. The maximum atomic E-state index is 12.9. The van der Waals surface area contributed by atoms with Crippen molar-refractivity contribution in [2.75, 3.05) is 7.05 Å². The maximum Gasteiger partial charge on any atom is 0.273 e. The van der Waals surface area contributed by atoms with E-state index in [1.165, 1.54) is 29.0 Å². The first-order valence-electron chi connectivity index (χ1n) is 7.55. The summed E-state index contributed by atoms with van der Waals surface area (Å²) in [6.45, 7) is 2.45. The standard InChI is InChI=1S/C19H17FN2OS/c1-13-3-7-15(8-4-13)18-21-17(12-24-18)19(23)22(2)11-14-5-9-16(20)10-6-14/h3-10,12H,11H2,1-2H3. The van der Waals surface area contributed by atoms with Crippen molar-refractivity contribution in [2.45, 2.75) is 13.5 Å². The number of amides is 1. The average molecular weight is 340 g/mol. The second-order valence-electron chi connectivity index (χ2n) is 5.69. The SMILES string of the molecule is Cc1ccc(-c2nc(C(=O)N(C)Cc3ccc(F)cc3)cs2)cc1. The van der Waals surface area contributed by atoms with Gasteiger partial charge in [-0.3, -0.25) is 4.79 Å². The minimum Gasteiger partial charge on any atom is -0.336 e. The first kappa shape index (κ1) is 16.3. The number of hydrogen-bond acceptors (Lipinski definition) is 3. The van der Waals surface area contributed by atoms with E-state index in [2.05, 4.69) is 4.98 Å². The molecule has 0 atom stereocenters. The first-order valence-corrected chi connectivity index (χ1v) is 8.43. The molecule has 24 heavy (non-hydrogen) atoms. The number of thiazole rings is 1. The summed E-state index contributed by atoms with van der Waals surface area (Å²) in [6.07, 6.45) is 0. The molecule has 122 valence electrons. The molecular weight excluding hydrogens is 323 g/mol. The molecule has 0 aliphatic rings. The van der Waals surface area contributed by atoms with Crippen LogP contribution in [0, 0.1) is 12.7 Å². The quantitative estimate of drug-likeness (QED) is 0.699. The number of aryl methyl sites for hydroxylation is 1. The highest BCUT2D eigenvalue weighted by Crippen LogP contribution is 2.24. The molecule has 0 unspecified atom stereocenters. The van der Waals surface area contributed by atoms with Gasteiger partial charge in [-0.05, 0) is 24.6 Å². The molecule has 5 heteroatoms. The van der Waals surface area contributed by atoms with Crippen LogP contribution in [0.5, 0.6) is 0 Å². The predicted molar refractivity (Wildman–Crippen MR) is 94.5 cm³/mol. The molecule has 1 amide bonds. The van der Waals surface area contributed by atoms with Crippen molar-refractivity contribution in [3.63, 3.8) is 0 Å². The smallest absolute Gasteiger partial charge is 0.273 e. The first-order chi connectivity index (χ1) is 11.5. The fourth-order valence-electron chi connectivity index (χ4n) is 2.33. The van der Waals surface area contributed by atoms with E-state index in [4.69, 9.17) is 0 Å². The molecule has 0 saturated carbocycles. The van der Waals surface area contributed by atoms with Crippen molar-refractivity contribution in [3.8, 4) is 10.6 Å². The van der Waals surface area contributed by atoms with E-state index < -0.39 is 0 Å². The van der Waals surface area contributed by atoms with E-state index in [1.807, 2.05) is 31.2 Å². The highest BCUT2D eigenvalue weighted by molar-refractivity contribution is 7.13. The van der Waals surface area contributed by atoms with Crippen LogP contribution >= 0.6 is 11.3 Å². The third-order valence-electron chi connectivity index (χ3n) is 3.70. The van der Waals surface area contributed by atoms with E-state index in [1.54, 1.807) is 29.5 Å². The van der Waals surface area contributed by atoms with Gasteiger partial charge in [0.25, 0.3) is 5.91 Å². The zero-order valence-corrected chi connectivity index (χ0v) is 14.3. The van der Waals surface area contributed by atoms with E-state index >= 15 is 0 Å². The average Bonchev–Trinajstić information content (AvgIpc) is 3.07. The third-order valence-corrected chi connectivity index (χ3v) is 4.59. The van der Waals surface area contributed by atoms with Gasteiger partial charge in [-0.15, -0.1) is 11.3 Å². The minimum atomic E-state index is -0.282. The molecule has 0 aliphatic carbocycles. The lowest BCUT2D eigenvalue weighted by molar-refractivity contribution is 0.0780. The number of nitrogens with zero attached hydrogens (tertiary/aromatic N) is 2. The van der Waals surface area contributed by atoms with Gasteiger partial charge in [0.1, 0.15) is 16.5 Å². The van der Waals surface area contributed by atoms with Crippen molar-refractivity contribution in [1.82, 2.24) is 9.88 Å². The Hall–Kier alpha value is -2.53. The Morgan fingerprint density at radius 2 is 1.79 bits per heavy atom. The lowest BCUT2D eigenvalue weighted by Gasteiger charge is -2.15. The second kappa shape index (κ2) is 6.93. The number of carbonyl (C=O) groups excluding carboxylic acids is 1.